The highest BCUT2D eigenvalue weighted by Crippen LogP contribution is 2.04. The molecule has 2 aromatic rings. The molecule has 96 valence electrons. The maximum absolute atomic E-state index is 4.28. The summed E-state index contributed by atoms with van der Waals surface area (Å²) in [4.78, 5) is 4.28. The van der Waals surface area contributed by atoms with Crippen LogP contribution in [0.25, 0.3) is 0 Å². The molecule has 2 rings (SSSR count). The fraction of sp³-hybridized carbons (Fsp3) is 0.278. The van der Waals surface area contributed by atoms with Crippen molar-refractivity contribution in [3.63, 3.8) is 0 Å². The van der Waals surface area contributed by atoms with E-state index in [4.69, 9.17) is 0 Å². The average Bonchev–Trinajstić information content (AvgIpc) is 2.48. The van der Waals surface area contributed by atoms with Crippen molar-refractivity contribution in [2.75, 3.05) is 0 Å². The lowest BCUT2D eigenvalue weighted by Crippen LogP contribution is -1.87. The Bertz CT molecular complexity index is 520. The Morgan fingerprint density at radius 2 is 1.58 bits per heavy atom. The van der Waals surface area contributed by atoms with Gasteiger partial charge in [0.1, 0.15) is 0 Å². The molecule has 0 saturated carbocycles. The van der Waals surface area contributed by atoms with Crippen molar-refractivity contribution in [2.24, 2.45) is 0 Å². The van der Waals surface area contributed by atoms with Gasteiger partial charge in [0.2, 0.25) is 0 Å². The molecule has 0 atom stereocenters. The number of aromatic nitrogens is 1. The highest BCUT2D eigenvalue weighted by Gasteiger charge is 1.91. The molecule has 0 N–H and O–H groups in total. The van der Waals surface area contributed by atoms with Crippen molar-refractivity contribution in [3.05, 3.63) is 66.0 Å². The second kappa shape index (κ2) is 8.11. The Kier molecular flexibility index (Phi) is 5.70. The second-order valence-corrected chi connectivity index (χ2v) is 4.51. The molecule has 1 nitrogen and oxygen atoms in total. The number of pyridine rings is 1. The van der Waals surface area contributed by atoms with Crippen LogP contribution in [-0.4, -0.2) is 4.98 Å². The lowest BCUT2D eigenvalue weighted by Gasteiger charge is -1.97. The van der Waals surface area contributed by atoms with Gasteiger partial charge in [-0.2, -0.15) is 0 Å². The molecular formula is C18H19N. The summed E-state index contributed by atoms with van der Waals surface area (Å²) in [5, 5.41) is 0. The summed E-state index contributed by atoms with van der Waals surface area (Å²) in [6, 6.07) is 16.6. The van der Waals surface area contributed by atoms with Crippen LogP contribution in [0.2, 0.25) is 0 Å². The quantitative estimate of drug-likeness (QED) is 0.575. The van der Waals surface area contributed by atoms with Crippen LogP contribution in [-0.2, 0) is 12.8 Å². The van der Waals surface area contributed by atoms with Crippen LogP contribution < -0.4 is 0 Å². The van der Waals surface area contributed by atoms with Crippen molar-refractivity contribution in [2.45, 2.75) is 32.1 Å². The van der Waals surface area contributed by atoms with Crippen molar-refractivity contribution in [1.82, 2.24) is 4.98 Å². The van der Waals surface area contributed by atoms with E-state index in [2.05, 4.69) is 53.2 Å². The summed E-state index contributed by atoms with van der Waals surface area (Å²) in [5.74, 6) is 6.48. The van der Waals surface area contributed by atoms with Gasteiger partial charge in [0.15, 0.2) is 0 Å². The SMILES string of the molecule is C(#CCCc1ccccn1)CCCc1ccccc1. The minimum Gasteiger partial charge on any atom is -0.261 e. The Balaban J connectivity index is 1.60. The molecule has 1 heterocycles. The third kappa shape index (κ3) is 5.40. The van der Waals surface area contributed by atoms with E-state index in [1.54, 1.807) is 0 Å². The van der Waals surface area contributed by atoms with Gasteiger partial charge in [-0.3, -0.25) is 4.98 Å². The normalized spacial score (nSPS) is 9.68. The molecule has 0 bridgehead atoms. The monoisotopic (exact) mass is 249 g/mol. The highest BCUT2D eigenvalue weighted by atomic mass is 14.7. The number of unbranched alkanes of at least 4 members (excludes halogenated alkanes) is 1. The molecule has 0 aliphatic rings. The lowest BCUT2D eigenvalue weighted by molar-refractivity contribution is 0.855. The fourth-order valence-electron chi connectivity index (χ4n) is 1.94. The molecule has 1 aromatic carbocycles. The lowest BCUT2D eigenvalue weighted by atomic mass is 10.1. The van der Waals surface area contributed by atoms with Crippen molar-refractivity contribution in [1.29, 1.82) is 0 Å². The van der Waals surface area contributed by atoms with Gasteiger partial charge >= 0.3 is 0 Å². The maximum atomic E-state index is 4.28. The fourth-order valence-corrected chi connectivity index (χ4v) is 1.94. The van der Waals surface area contributed by atoms with Gasteiger partial charge in [-0.05, 0) is 30.5 Å². The van der Waals surface area contributed by atoms with Crippen LogP contribution >= 0.6 is 0 Å². The zero-order valence-corrected chi connectivity index (χ0v) is 11.2. The molecule has 0 unspecified atom stereocenters. The molecule has 0 saturated heterocycles. The van der Waals surface area contributed by atoms with E-state index in [1.807, 2.05) is 18.3 Å². The summed E-state index contributed by atoms with van der Waals surface area (Å²) >= 11 is 0. The van der Waals surface area contributed by atoms with Gasteiger partial charge in [0.25, 0.3) is 0 Å². The molecular weight excluding hydrogens is 230 g/mol. The van der Waals surface area contributed by atoms with Gasteiger partial charge < -0.3 is 0 Å². The smallest absolute Gasteiger partial charge is 0.0413 e. The summed E-state index contributed by atoms with van der Waals surface area (Å²) < 4.78 is 0. The molecule has 19 heavy (non-hydrogen) atoms. The Morgan fingerprint density at radius 1 is 0.789 bits per heavy atom. The molecule has 0 aliphatic heterocycles. The summed E-state index contributed by atoms with van der Waals surface area (Å²) in [6.07, 6.45) is 6.94. The molecule has 0 radical (unpaired) electrons. The van der Waals surface area contributed by atoms with Crippen LogP contribution in [0.15, 0.2) is 54.7 Å². The van der Waals surface area contributed by atoms with E-state index in [0.29, 0.717) is 0 Å². The first kappa shape index (κ1) is 13.4. The number of benzene rings is 1. The molecule has 0 spiro atoms. The maximum Gasteiger partial charge on any atom is 0.0413 e. The first-order chi connectivity index (χ1) is 9.45. The predicted octanol–water partition coefficient (Wildman–Crippen LogP) is 4.04. The molecule has 0 aliphatic carbocycles. The molecule has 1 heteroatoms. The van der Waals surface area contributed by atoms with Crippen LogP contribution in [0.5, 0.6) is 0 Å². The summed E-state index contributed by atoms with van der Waals surface area (Å²) in [7, 11) is 0. The van der Waals surface area contributed by atoms with Crippen molar-refractivity contribution < 1.29 is 0 Å². The van der Waals surface area contributed by atoms with Crippen molar-refractivity contribution in [3.8, 4) is 11.8 Å². The van der Waals surface area contributed by atoms with Crippen LogP contribution in [0.1, 0.15) is 30.5 Å². The number of nitrogens with zero attached hydrogens (tertiary/aromatic N) is 1. The third-order valence-corrected chi connectivity index (χ3v) is 2.97. The van der Waals surface area contributed by atoms with Gasteiger partial charge in [0.05, 0.1) is 0 Å². The van der Waals surface area contributed by atoms with Gasteiger partial charge in [-0.1, -0.05) is 36.4 Å². The predicted molar refractivity (Wildman–Crippen MR) is 79.7 cm³/mol. The largest absolute Gasteiger partial charge is 0.261 e. The molecule has 1 aromatic heterocycles. The van der Waals surface area contributed by atoms with Crippen LogP contribution in [0.3, 0.4) is 0 Å². The summed E-state index contributed by atoms with van der Waals surface area (Å²) in [6.45, 7) is 0. The molecule has 0 fully saturated rings. The Hall–Kier alpha value is -2.07. The zero-order valence-electron chi connectivity index (χ0n) is 11.2. The van der Waals surface area contributed by atoms with E-state index in [9.17, 15) is 0 Å². The van der Waals surface area contributed by atoms with Gasteiger partial charge in [-0.25, -0.2) is 0 Å². The number of hydrogen-bond acceptors (Lipinski definition) is 1. The van der Waals surface area contributed by atoms with Gasteiger partial charge in [0, 0.05) is 31.2 Å². The minimum atomic E-state index is 0.905. The van der Waals surface area contributed by atoms with E-state index in [1.165, 1.54) is 5.56 Å². The molecule has 0 amide bonds. The zero-order chi connectivity index (χ0) is 13.2. The minimum absolute atomic E-state index is 0.905. The van der Waals surface area contributed by atoms with Crippen LogP contribution in [0, 0.1) is 11.8 Å². The topological polar surface area (TPSA) is 12.9 Å². The highest BCUT2D eigenvalue weighted by molar-refractivity contribution is 5.15. The third-order valence-electron chi connectivity index (χ3n) is 2.97. The average molecular weight is 249 g/mol. The van der Waals surface area contributed by atoms with Gasteiger partial charge in [-0.15, -0.1) is 11.8 Å². The van der Waals surface area contributed by atoms with Crippen LogP contribution in [0.4, 0.5) is 0 Å². The number of hydrogen-bond donors (Lipinski definition) is 0. The number of aryl methyl sites for hydroxylation is 2. The van der Waals surface area contributed by atoms with Crippen molar-refractivity contribution >= 4 is 0 Å². The number of rotatable bonds is 5. The van der Waals surface area contributed by atoms with E-state index < -0.39 is 0 Å². The second-order valence-electron chi connectivity index (χ2n) is 4.51. The Morgan fingerprint density at radius 3 is 2.37 bits per heavy atom. The van der Waals surface area contributed by atoms with E-state index in [0.717, 1.165) is 37.8 Å². The first-order valence-corrected chi connectivity index (χ1v) is 6.85. The van der Waals surface area contributed by atoms with E-state index in [-0.39, 0.29) is 0 Å². The standard InChI is InChI=1S/C18H19N/c1(2-5-11-17-12-6-4-7-13-17)3-8-14-18-15-9-10-16-19-18/h4,6-7,9-10,12-13,15-16H,2,5,8,11,14H2. The summed E-state index contributed by atoms with van der Waals surface area (Å²) in [5.41, 5.74) is 2.53. The first-order valence-electron chi connectivity index (χ1n) is 6.85. The van der Waals surface area contributed by atoms with E-state index >= 15 is 0 Å². The Labute approximate surface area is 115 Å².